The molecule has 3 aromatic rings. The number of anilines is 1. The predicted molar refractivity (Wildman–Crippen MR) is 174 cm³/mol. The van der Waals surface area contributed by atoms with Crippen LogP contribution in [0.1, 0.15) is 84.5 Å². The molecule has 0 spiro atoms. The van der Waals surface area contributed by atoms with E-state index in [4.69, 9.17) is 21.3 Å². The molecule has 2 aliphatic rings. The number of carbonyl (C=O) groups is 2. The molecule has 0 unspecified atom stereocenters. The van der Waals surface area contributed by atoms with Gasteiger partial charge in [-0.1, -0.05) is 55.8 Å². The van der Waals surface area contributed by atoms with Gasteiger partial charge < -0.3 is 9.64 Å². The first-order valence-electron chi connectivity index (χ1n) is 15.5. The number of hydrogen-bond donors (Lipinski definition) is 0. The lowest BCUT2D eigenvalue weighted by Crippen LogP contribution is -2.38. The minimum atomic E-state index is -0.275. The van der Waals surface area contributed by atoms with E-state index in [1.165, 1.54) is 22.3 Å². The van der Waals surface area contributed by atoms with Gasteiger partial charge in [-0.25, -0.2) is 4.98 Å². The fourth-order valence-corrected chi connectivity index (χ4v) is 6.74. The van der Waals surface area contributed by atoms with E-state index in [1.54, 1.807) is 0 Å². The highest BCUT2D eigenvalue weighted by atomic mass is 35.5. The molecule has 2 aromatic carbocycles. The molecule has 1 fully saturated rings. The summed E-state index contributed by atoms with van der Waals surface area (Å²) in [5.41, 5.74) is 9.95. The number of hydrogen-bond acceptors (Lipinski definition) is 6. The van der Waals surface area contributed by atoms with Crippen LogP contribution in [0.2, 0.25) is 5.02 Å². The Morgan fingerprint density at radius 1 is 1.07 bits per heavy atom. The molecule has 0 radical (unpaired) electrons. The summed E-state index contributed by atoms with van der Waals surface area (Å²) < 4.78 is 5.56. The lowest BCUT2D eigenvalue weighted by atomic mass is 9.81. The SMILES string of the molecule is Cc1cccc(Cl)c1CN1CCc2cc(-c3c(C=O)nc(C)c(CC(=O)OC(C)C)c3N3CCC(C)(C)CC3)ccc2C1. The van der Waals surface area contributed by atoms with Gasteiger partial charge in [-0.15, -0.1) is 0 Å². The lowest BCUT2D eigenvalue weighted by molar-refractivity contribution is -0.146. The molecule has 0 amide bonds. The highest BCUT2D eigenvalue weighted by Crippen LogP contribution is 2.42. The first-order valence-corrected chi connectivity index (χ1v) is 15.8. The number of benzene rings is 2. The van der Waals surface area contributed by atoms with Crippen molar-refractivity contribution >= 4 is 29.5 Å². The Bertz CT molecular complexity index is 1500. The molecule has 2 aliphatic heterocycles. The zero-order valence-electron chi connectivity index (χ0n) is 26.4. The largest absolute Gasteiger partial charge is 0.463 e. The molecule has 5 rings (SSSR count). The van der Waals surface area contributed by atoms with Gasteiger partial charge in [-0.2, -0.15) is 0 Å². The highest BCUT2D eigenvalue weighted by Gasteiger charge is 2.31. The zero-order valence-corrected chi connectivity index (χ0v) is 27.2. The minimum absolute atomic E-state index is 0.125. The summed E-state index contributed by atoms with van der Waals surface area (Å²) >= 11 is 6.55. The fourth-order valence-electron chi connectivity index (χ4n) is 6.45. The van der Waals surface area contributed by atoms with Crippen molar-refractivity contribution in [3.05, 3.63) is 80.6 Å². The molecule has 7 heteroatoms. The summed E-state index contributed by atoms with van der Waals surface area (Å²) in [6.45, 7) is 16.6. The van der Waals surface area contributed by atoms with Gasteiger partial charge in [0.15, 0.2) is 6.29 Å². The Morgan fingerprint density at radius 3 is 2.49 bits per heavy atom. The maximum atomic E-state index is 13.0. The summed E-state index contributed by atoms with van der Waals surface area (Å²) in [5.74, 6) is -0.275. The van der Waals surface area contributed by atoms with Crippen molar-refractivity contribution in [3.8, 4) is 11.1 Å². The average molecular weight is 602 g/mol. The van der Waals surface area contributed by atoms with Gasteiger partial charge in [0.1, 0.15) is 5.69 Å². The van der Waals surface area contributed by atoms with Crippen molar-refractivity contribution in [2.24, 2.45) is 5.41 Å². The van der Waals surface area contributed by atoms with E-state index >= 15 is 0 Å². The Balaban J connectivity index is 1.53. The number of piperidine rings is 1. The summed E-state index contributed by atoms with van der Waals surface area (Å²) in [5, 5.41) is 0.816. The molecule has 0 aliphatic carbocycles. The Kier molecular flexibility index (Phi) is 9.29. The molecular weight excluding hydrogens is 558 g/mol. The molecule has 0 saturated carbocycles. The average Bonchev–Trinajstić information content (AvgIpc) is 2.95. The number of pyridine rings is 1. The first kappa shape index (κ1) is 31.2. The molecular formula is C36H44ClN3O3. The van der Waals surface area contributed by atoms with Crippen molar-refractivity contribution in [3.63, 3.8) is 0 Å². The summed E-state index contributed by atoms with van der Waals surface area (Å²) in [7, 11) is 0. The van der Waals surface area contributed by atoms with Crippen LogP contribution < -0.4 is 4.90 Å². The number of rotatable bonds is 8. The molecule has 1 aromatic heterocycles. The third-order valence-electron chi connectivity index (χ3n) is 9.06. The summed E-state index contributed by atoms with van der Waals surface area (Å²) in [4.78, 5) is 35.1. The van der Waals surface area contributed by atoms with Crippen LogP contribution in [0.15, 0.2) is 36.4 Å². The van der Waals surface area contributed by atoms with E-state index in [-0.39, 0.29) is 23.9 Å². The smallest absolute Gasteiger partial charge is 0.310 e. The van der Waals surface area contributed by atoms with Crippen molar-refractivity contribution in [1.29, 1.82) is 0 Å². The molecule has 43 heavy (non-hydrogen) atoms. The van der Waals surface area contributed by atoms with Crippen LogP contribution in [0.4, 0.5) is 5.69 Å². The number of aldehydes is 1. The molecule has 0 bridgehead atoms. The second-order valence-electron chi connectivity index (χ2n) is 13.2. The van der Waals surface area contributed by atoms with Gasteiger partial charge in [0.2, 0.25) is 0 Å². The van der Waals surface area contributed by atoms with Gasteiger partial charge in [0.25, 0.3) is 0 Å². The maximum absolute atomic E-state index is 13.0. The maximum Gasteiger partial charge on any atom is 0.310 e. The number of esters is 1. The van der Waals surface area contributed by atoms with Crippen molar-refractivity contribution in [1.82, 2.24) is 9.88 Å². The van der Waals surface area contributed by atoms with Gasteiger partial charge >= 0.3 is 5.97 Å². The first-order chi connectivity index (χ1) is 20.5. The van der Waals surface area contributed by atoms with Crippen molar-refractivity contribution in [2.75, 3.05) is 24.5 Å². The van der Waals surface area contributed by atoms with Crippen molar-refractivity contribution < 1.29 is 14.3 Å². The number of fused-ring (bicyclic) bond motifs is 1. The quantitative estimate of drug-likeness (QED) is 0.197. The number of ether oxygens (including phenoxy) is 1. The minimum Gasteiger partial charge on any atom is -0.463 e. The molecule has 0 N–H and O–H groups in total. The van der Waals surface area contributed by atoms with Crippen LogP contribution in [0, 0.1) is 19.3 Å². The van der Waals surface area contributed by atoms with Crippen LogP contribution in [-0.2, 0) is 35.5 Å². The molecule has 1 saturated heterocycles. The van der Waals surface area contributed by atoms with E-state index in [0.29, 0.717) is 11.4 Å². The Labute approximate surface area is 261 Å². The predicted octanol–water partition coefficient (Wildman–Crippen LogP) is 7.51. The van der Waals surface area contributed by atoms with Crippen LogP contribution in [0.5, 0.6) is 0 Å². The molecule has 228 valence electrons. The molecule has 0 atom stereocenters. The molecule has 3 heterocycles. The van der Waals surface area contributed by atoms with Crippen LogP contribution in [0.25, 0.3) is 11.1 Å². The van der Waals surface area contributed by atoms with Gasteiger partial charge in [0.05, 0.1) is 18.2 Å². The standard InChI is InChI=1S/C36H44ClN3O3/c1-23(2)43-33(42)19-29-25(4)38-32(22-41)34(35(29)40-16-13-36(5,6)14-17-40)27-10-11-28-20-39(15-12-26(28)18-27)21-30-24(3)8-7-9-31(30)37/h7-11,18,22-23H,12-17,19-21H2,1-6H3. The number of aromatic nitrogens is 1. The van der Waals surface area contributed by atoms with Gasteiger partial charge in [-0.05, 0) is 86.3 Å². The number of halogens is 1. The monoisotopic (exact) mass is 601 g/mol. The number of nitrogens with zero attached hydrogens (tertiary/aromatic N) is 3. The Hall–Kier alpha value is -3.22. The van der Waals surface area contributed by atoms with E-state index in [2.05, 4.69) is 54.8 Å². The van der Waals surface area contributed by atoms with Crippen molar-refractivity contribution in [2.45, 2.75) is 86.4 Å². The fraction of sp³-hybridized carbons (Fsp3) is 0.472. The summed E-state index contributed by atoms with van der Waals surface area (Å²) in [6.07, 6.45) is 3.76. The summed E-state index contributed by atoms with van der Waals surface area (Å²) in [6, 6.07) is 12.6. The third-order valence-corrected chi connectivity index (χ3v) is 9.41. The van der Waals surface area contributed by atoms with Crippen LogP contribution >= 0.6 is 11.6 Å². The van der Waals surface area contributed by atoms with Crippen LogP contribution in [-0.4, -0.2) is 47.9 Å². The lowest BCUT2D eigenvalue weighted by Gasteiger charge is -2.40. The van der Waals surface area contributed by atoms with E-state index in [9.17, 15) is 9.59 Å². The highest BCUT2D eigenvalue weighted by molar-refractivity contribution is 6.31. The topological polar surface area (TPSA) is 62.7 Å². The van der Waals surface area contributed by atoms with E-state index < -0.39 is 0 Å². The second-order valence-corrected chi connectivity index (χ2v) is 13.7. The normalized spacial score (nSPS) is 16.7. The zero-order chi connectivity index (χ0) is 30.9. The van der Waals surface area contributed by atoms with E-state index in [1.807, 2.05) is 32.9 Å². The number of carbonyl (C=O) groups excluding carboxylic acids is 2. The Morgan fingerprint density at radius 2 is 1.81 bits per heavy atom. The van der Waals surface area contributed by atoms with Gasteiger partial charge in [-0.3, -0.25) is 14.5 Å². The van der Waals surface area contributed by atoms with E-state index in [0.717, 1.165) is 85.7 Å². The third kappa shape index (κ3) is 6.97. The van der Waals surface area contributed by atoms with Gasteiger partial charge in [0, 0.05) is 54.6 Å². The van der Waals surface area contributed by atoms with Crippen LogP contribution in [0.3, 0.4) is 0 Å². The number of aryl methyl sites for hydroxylation is 2. The molecule has 6 nitrogen and oxygen atoms in total. The second kappa shape index (κ2) is 12.8.